The van der Waals surface area contributed by atoms with Crippen molar-refractivity contribution in [3.63, 3.8) is 0 Å². The van der Waals surface area contributed by atoms with Crippen molar-refractivity contribution in [2.24, 2.45) is 0 Å². The molecule has 0 unspecified atom stereocenters. The first-order valence-electron chi connectivity index (χ1n) is 14.4. The molecule has 9 nitrogen and oxygen atoms in total. The lowest BCUT2D eigenvalue weighted by Crippen LogP contribution is -2.44. The largest absolute Gasteiger partial charge is 0.493 e. The van der Waals surface area contributed by atoms with E-state index in [1.54, 1.807) is 19.1 Å². The van der Waals surface area contributed by atoms with Gasteiger partial charge in [0.2, 0.25) is 5.91 Å². The van der Waals surface area contributed by atoms with Gasteiger partial charge in [-0.1, -0.05) is 48.0 Å². The molecule has 0 radical (unpaired) electrons. The molecule has 1 aromatic heterocycles. The Morgan fingerprint density at radius 3 is 2.28 bits per heavy atom. The molecule has 2 heterocycles. The third-order valence-electron chi connectivity index (χ3n) is 7.63. The number of carbonyl (C=O) groups is 2. The summed E-state index contributed by atoms with van der Waals surface area (Å²) in [7, 11) is 3.21. The van der Waals surface area contributed by atoms with Crippen LogP contribution in [0.5, 0.6) is 11.5 Å². The summed E-state index contributed by atoms with van der Waals surface area (Å²) in [5, 5.41) is 8.95. The number of nitrogens with zero attached hydrogens (tertiary/aromatic N) is 5. The van der Waals surface area contributed by atoms with Crippen molar-refractivity contribution in [3.8, 4) is 22.8 Å². The highest BCUT2D eigenvalue weighted by atomic mass is 16.5. The number of carbonyl (C=O) groups excluding carboxylic acids is 2. The van der Waals surface area contributed by atoms with Gasteiger partial charge in [0.05, 0.1) is 19.9 Å². The highest BCUT2D eigenvalue weighted by molar-refractivity contribution is 5.96. The maximum absolute atomic E-state index is 13.6. The molecule has 5 rings (SSSR count). The van der Waals surface area contributed by atoms with Crippen LogP contribution in [0.3, 0.4) is 0 Å². The van der Waals surface area contributed by atoms with E-state index >= 15 is 0 Å². The normalized spacial score (nSPS) is 13.3. The van der Waals surface area contributed by atoms with Gasteiger partial charge in [0.25, 0.3) is 5.91 Å². The van der Waals surface area contributed by atoms with Gasteiger partial charge in [-0.15, -0.1) is 10.2 Å². The van der Waals surface area contributed by atoms with E-state index in [0.717, 1.165) is 41.2 Å². The summed E-state index contributed by atoms with van der Waals surface area (Å²) in [6.07, 6.45) is 0.787. The average Bonchev–Trinajstić information content (AvgIpc) is 3.31. The van der Waals surface area contributed by atoms with Crippen molar-refractivity contribution in [1.29, 1.82) is 0 Å². The second-order valence-electron chi connectivity index (χ2n) is 10.6. The molecule has 9 heteroatoms. The number of aromatic nitrogens is 2. The summed E-state index contributed by atoms with van der Waals surface area (Å²) in [4.78, 5) is 32.7. The van der Waals surface area contributed by atoms with Crippen molar-refractivity contribution in [2.45, 2.75) is 19.9 Å². The zero-order chi connectivity index (χ0) is 30.2. The lowest BCUT2D eigenvalue weighted by molar-refractivity contribution is -0.131. The topological polar surface area (TPSA) is 88.1 Å². The predicted molar refractivity (Wildman–Crippen MR) is 166 cm³/mol. The van der Waals surface area contributed by atoms with Gasteiger partial charge < -0.3 is 24.2 Å². The van der Waals surface area contributed by atoms with Crippen molar-refractivity contribution >= 4 is 17.6 Å². The molecule has 0 aliphatic carbocycles. The minimum Gasteiger partial charge on any atom is -0.493 e. The zero-order valence-corrected chi connectivity index (χ0v) is 24.9. The number of benzene rings is 3. The average molecular weight is 580 g/mol. The van der Waals surface area contributed by atoms with Crippen molar-refractivity contribution < 1.29 is 19.1 Å². The molecular formula is C34H37N5O4. The molecule has 1 aliphatic rings. The van der Waals surface area contributed by atoms with Gasteiger partial charge in [-0.2, -0.15) is 0 Å². The predicted octanol–water partition coefficient (Wildman–Crippen LogP) is 4.85. The Bertz CT molecular complexity index is 1530. The number of hydrogen-bond donors (Lipinski definition) is 0. The molecule has 2 amide bonds. The third-order valence-corrected chi connectivity index (χ3v) is 7.63. The van der Waals surface area contributed by atoms with Crippen LogP contribution < -0.4 is 14.4 Å². The van der Waals surface area contributed by atoms with E-state index in [0.29, 0.717) is 43.2 Å². The zero-order valence-electron chi connectivity index (χ0n) is 24.9. The van der Waals surface area contributed by atoms with Crippen molar-refractivity contribution in [3.05, 3.63) is 102 Å². The first-order chi connectivity index (χ1) is 20.9. The van der Waals surface area contributed by atoms with E-state index in [9.17, 15) is 9.59 Å². The van der Waals surface area contributed by atoms with Gasteiger partial charge in [-0.25, -0.2) is 0 Å². The molecule has 3 aromatic carbocycles. The van der Waals surface area contributed by atoms with Gasteiger partial charge in [0, 0.05) is 43.9 Å². The number of ether oxygens (including phenoxy) is 2. The van der Waals surface area contributed by atoms with Crippen LogP contribution in [0.2, 0.25) is 0 Å². The van der Waals surface area contributed by atoms with Crippen LogP contribution in [0.15, 0.2) is 84.9 Å². The van der Waals surface area contributed by atoms with Crippen LogP contribution in [0.25, 0.3) is 11.3 Å². The summed E-state index contributed by atoms with van der Waals surface area (Å²) in [5.74, 6) is 1.83. The molecule has 1 saturated heterocycles. The maximum Gasteiger partial charge on any atom is 0.254 e. The first kappa shape index (κ1) is 29.6. The summed E-state index contributed by atoms with van der Waals surface area (Å²) in [6, 6.07) is 26.8. The summed E-state index contributed by atoms with van der Waals surface area (Å²) in [6.45, 7) is 4.90. The lowest BCUT2D eigenvalue weighted by Gasteiger charge is -2.27. The fourth-order valence-electron chi connectivity index (χ4n) is 5.18. The molecular weight excluding hydrogens is 542 g/mol. The maximum atomic E-state index is 13.6. The molecule has 0 bridgehead atoms. The Balaban J connectivity index is 1.24. The Labute approximate surface area is 252 Å². The molecule has 0 spiro atoms. The van der Waals surface area contributed by atoms with Crippen LogP contribution in [-0.2, 0) is 11.3 Å². The summed E-state index contributed by atoms with van der Waals surface area (Å²) < 4.78 is 10.7. The molecule has 43 heavy (non-hydrogen) atoms. The monoisotopic (exact) mass is 579 g/mol. The third kappa shape index (κ3) is 7.30. The molecule has 0 N–H and O–H groups in total. The van der Waals surface area contributed by atoms with Crippen molar-refractivity contribution in [1.82, 2.24) is 20.0 Å². The number of amides is 2. The van der Waals surface area contributed by atoms with E-state index < -0.39 is 0 Å². The van der Waals surface area contributed by atoms with Crippen LogP contribution in [0.1, 0.15) is 27.9 Å². The second-order valence-corrected chi connectivity index (χ2v) is 10.6. The Kier molecular flexibility index (Phi) is 9.51. The molecule has 0 atom stereocenters. The molecule has 1 aliphatic heterocycles. The number of hydrogen-bond acceptors (Lipinski definition) is 7. The van der Waals surface area contributed by atoms with E-state index in [4.69, 9.17) is 9.47 Å². The second kappa shape index (κ2) is 13.8. The van der Waals surface area contributed by atoms with E-state index in [2.05, 4.69) is 15.1 Å². The fraction of sp³-hybridized carbons (Fsp3) is 0.294. The highest BCUT2D eigenvalue weighted by Gasteiger charge is 2.25. The number of anilines is 1. The number of methoxy groups -OCH3 is 2. The number of aryl methyl sites for hydroxylation is 1. The summed E-state index contributed by atoms with van der Waals surface area (Å²) in [5.41, 5.74) is 4.24. The van der Waals surface area contributed by atoms with Crippen LogP contribution in [0, 0.1) is 6.92 Å². The van der Waals surface area contributed by atoms with Crippen LogP contribution >= 0.6 is 0 Å². The molecule has 1 fully saturated rings. The fourth-order valence-corrected chi connectivity index (χ4v) is 5.18. The lowest BCUT2D eigenvalue weighted by atomic mass is 10.1. The van der Waals surface area contributed by atoms with E-state index in [-0.39, 0.29) is 18.4 Å². The standard InChI is InChI=1S/C34H37N5O4/c1-25-10-12-27(13-11-25)34(41)39(23-26-8-5-4-6-9-26)24-33(40)38-19-7-18-37(20-21-38)32-17-15-29(35-36-32)28-14-16-30(42-2)31(22-28)43-3/h4-6,8-17,22H,7,18-21,23-24H2,1-3H3. The molecule has 4 aromatic rings. The van der Waals surface area contributed by atoms with E-state index in [1.807, 2.05) is 96.8 Å². The molecule has 222 valence electrons. The van der Waals surface area contributed by atoms with Gasteiger partial charge in [0.1, 0.15) is 6.54 Å². The van der Waals surface area contributed by atoms with Crippen LogP contribution in [-0.4, -0.2) is 78.8 Å². The van der Waals surface area contributed by atoms with Crippen LogP contribution in [0.4, 0.5) is 5.82 Å². The van der Waals surface area contributed by atoms with Gasteiger partial charge in [-0.3, -0.25) is 9.59 Å². The van der Waals surface area contributed by atoms with Crippen molar-refractivity contribution in [2.75, 3.05) is 51.8 Å². The minimum atomic E-state index is -0.154. The SMILES string of the molecule is COc1ccc(-c2ccc(N3CCCN(C(=O)CN(Cc4ccccc4)C(=O)c4ccc(C)cc4)CC3)nn2)cc1OC. The molecule has 0 saturated carbocycles. The van der Waals surface area contributed by atoms with Gasteiger partial charge in [-0.05, 0) is 61.4 Å². The Hall–Kier alpha value is -4.92. The Morgan fingerprint density at radius 2 is 1.58 bits per heavy atom. The highest BCUT2D eigenvalue weighted by Crippen LogP contribution is 2.31. The Morgan fingerprint density at radius 1 is 0.814 bits per heavy atom. The summed E-state index contributed by atoms with van der Waals surface area (Å²) >= 11 is 0. The first-order valence-corrected chi connectivity index (χ1v) is 14.4. The quantitative estimate of drug-likeness (QED) is 0.280. The van der Waals surface area contributed by atoms with Gasteiger partial charge >= 0.3 is 0 Å². The van der Waals surface area contributed by atoms with Gasteiger partial charge in [0.15, 0.2) is 17.3 Å². The smallest absolute Gasteiger partial charge is 0.254 e. The minimum absolute atomic E-state index is 0.0153. The number of rotatable bonds is 9. The van der Waals surface area contributed by atoms with E-state index in [1.165, 1.54) is 0 Å².